The Labute approximate surface area is 123 Å². The van der Waals surface area contributed by atoms with Gasteiger partial charge >= 0.3 is 0 Å². The lowest BCUT2D eigenvalue weighted by Crippen LogP contribution is -2.34. The summed E-state index contributed by atoms with van der Waals surface area (Å²) in [7, 11) is 2.03. The number of aromatic nitrogens is 2. The van der Waals surface area contributed by atoms with Crippen molar-refractivity contribution in [1.29, 1.82) is 0 Å². The van der Waals surface area contributed by atoms with Crippen molar-refractivity contribution < 1.29 is 0 Å². The quantitative estimate of drug-likeness (QED) is 0.895. The van der Waals surface area contributed by atoms with E-state index < -0.39 is 0 Å². The van der Waals surface area contributed by atoms with Gasteiger partial charge in [0.25, 0.3) is 0 Å². The summed E-state index contributed by atoms with van der Waals surface area (Å²) in [5.74, 6) is 1.66. The van der Waals surface area contributed by atoms with Crippen LogP contribution in [0, 0.1) is 25.7 Å². The van der Waals surface area contributed by atoms with Crippen LogP contribution in [0.3, 0.4) is 0 Å². The zero-order valence-electron chi connectivity index (χ0n) is 13.7. The summed E-state index contributed by atoms with van der Waals surface area (Å²) < 4.78 is 1.99. The molecule has 3 atom stereocenters. The normalized spacial score (nSPS) is 24.9. The summed E-state index contributed by atoms with van der Waals surface area (Å²) in [4.78, 5) is 0. The van der Waals surface area contributed by atoms with Gasteiger partial charge in [0.1, 0.15) is 0 Å². The van der Waals surface area contributed by atoms with E-state index in [4.69, 9.17) is 5.73 Å². The molecule has 1 heterocycles. The van der Waals surface area contributed by atoms with E-state index in [1.54, 1.807) is 0 Å². The van der Waals surface area contributed by atoms with Gasteiger partial charge in [0.2, 0.25) is 0 Å². The largest absolute Gasteiger partial charge is 0.327 e. The highest BCUT2D eigenvalue weighted by atomic mass is 15.3. The van der Waals surface area contributed by atoms with Gasteiger partial charge < -0.3 is 5.73 Å². The van der Waals surface area contributed by atoms with Crippen LogP contribution in [0.25, 0.3) is 0 Å². The van der Waals surface area contributed by atoms with E-state index >= 15 is 0 Å². The minimum absolute atomic E-state index is 0.364. The Balaban J connectivity index is 1.90. The standard InChI is InChI=1S/C17H31N3/c1-5-14-7-6-8-15(11-14)17(18)10-9-16-12(2)19-20(4)13(16)3/h14-15,17H,5-11,18H2,1-4H3. The van der Waals surface area contributed by atoms with Crippen LogP contribution in [-0.4, -0.2) is 15.8 Å². The third kappa shape index (κ3) is 3.43. The number of nitrogens with zero attached hydrogens (tertiary/aromatic N) is 2. The molecule has 1 fully saturated rings. The van der Waals surface area contributed by atoms with E-state index in [0.717, 1.165) is 24.7 Å². The van der Waals surface area contributed by atoms with Crippen molar-refractivity contribution in [2.45, 2.75) is 71.8 Å². The molecule has 0 aliphatic heterocycles. The van der Waals surface area contributed by atoms with Crippen LogP contribution in [-0.2, 0) is 13.5 Å². The van der Waals surface area contributed by atoms with Crippen LogP contribution in [0.5, 0.6) is 0 Å². The van der Waals surface area contributed by atoms with Crippen LogP contribution in [0.15, 0.2) is 0 Å². The fraction of sp³-hybridized carbons (Fsp3) is 0.824. The predicted octanol–water partition coefficient (Wildman–Crippen LogP) is 3.51. The van der Waals surface area contributed by atoms with Crippen molar-refractivity contribution in [1.82, 2.24) is 9.78 Å². The van der Waals surface area contributed by atoms with Gasteiger partial charge in [-0.25, -0.2) is 0 Å². The molecule has 1 aromatic rings. The number of hydrogen-bond donors (Lipinski definition) is 1. The van der Waals surface area contributed by atoms with Gasteiger partial charge in [0, 0.05) is 18.8 Å². The summed E-state index contributed by atoms with van der Waals surface area (Å²) in [6.07, 6.45) is 8.99. The molecule has 0 aromatic carbocycles. The van der Waals surface area contributed by atoms with Gasteiger partial charge in [-0.05, 0) is 56.9 Å². The summed E-state index contributed by atoms with van der Waals surface area (Å²) in [6.45, 7) is 6.59. The number of nitrogens with two attached hydrogens (primary N) is 1. The van der Waals surface area contributed by atoms with Crippen molar-refractivity contribution in [3.8, 4) is 0 Å². The maximum atomic E-state index is 6.49. The fourth-order valence-electron chi connectivity index (χ4n) is 3.82. The van der Waals surface area contributed by atoms with Gasteiger partial charge in [-0.3, -0.25) is 4.68 Å². The lowest BCUT2D eigenvalue weighted by molar-refractivity contribution is 0.224. The molecular formula is C17H31N3. The van der Waals surface area contributed by atoms with Gasteiger partial charge in [0.15, 0.2) is 0 Å². The third-order valence-corrected chi connectivity index (χ3v) is 5.39. The van der Waals surface area contributed by atoms with Crippen LogP contribution in [0.4, 0.5) is 0 Å². The highest BCUT2D eigenvalue weighted by molar-refractivity contribution is 5.24. The molecule has 2 rings (SSSR count). The van der Waals surface area contributed by atoms with Crippen molar-refractivity contribution in [3.63, 3.8) is 0 Å². The second-order valence-electron chi connectivity index (χ2n) is 6.68. The van der Waals surface area contributed by atoms with E-state index in [2.05, 4.69) is 25.9 Å². The molecule has 114 valence electrons. The number of aryl methyl sites for hydroxylation is 2. The predicted molar refractivity (Wildman–Crippen MR) is 84.7 cm³/mol. The molecule has 1 aliphatic carbocycles. The van der Waals surface area contributed by atoms with Crippen molar-refractivity contribution in [2.24, 2.45) is 24.6 Å². The van der Waals surface area contributed by atoms with Gasteiger partial charge in [-0.1, -0.05) is 26.2 Å². The van der Waals surface area contributed by atoms with Crippen LogP contribution in [0.1, 0.15) is 62.4 Å². The second-order valence-corrected chi connectivity index (χ2v) is 6.68. The Morgan fingerprint density at radius 2 is 2.10 bits per heavy atom. The lowest BCUT2D eigenvalue weighted by Gasteiger charge is -2.32. The van der Waals surface area contributed by atoms with Gasteiger partial charge in [0.05, 0.1) is 5.69 Å². The zero-order valence-corrected chi connectivity index (χ0v) is 13.7. The van der Waals surface area contributed by atoms with Gasteiger partial charge in [-0.15, -0.1) is 0 Å². The molecule has 0 amide bonds. The van der Waals surface area contributed by atoms with Crippen molar-refractivity contribution >= 4 is 0 Å². The Bertz CT molecular complexity index is 436. The van der Waals surface area contributed by atoms with Crippen LogP contribution >= 0.6 is 0 Å². The molecule has 3 heteroatoms. The molecule has 3 nitrogen and oxygen atoms in total. The molecule has 20 heavy (non-hydrogen) atoms. The van der Waals surface area contributed by atoms with E-state index in [9.17, 15) is 0 Å². The van der Waals surface area contributed by atoms with Crippen LogP contribution < -0.4 is 5.73 Å². The zero-order chi connectivity index (χ0) is 14.7. The number of hydrogen-bond acceptors (Lipinski definition) is 2. The van der Waals surface area contributed by atoms with E-state index in [1.807, 2.05) is 11.7 Å². The molecule has 0 saturated heterocycles. The first kappa shape index (κ1) is 15.6. The summed E-state index contributed by atoms with van der Waals surface area (Å²) in [5.41, 5.74) is 10.4. The van der Waals surface area contributed by atoms with Crippen molar-refractivity contribution in [3.05, 3.63) is 17.0 Å². The molecule has 1 aromatic heterocycles. The first-order valence-corrected chi connectivity index (χ1v) is 8.27. The molecule has 0 spiro atoms. The Morgan fingerprint density at radius 1 is 1.35 bits per heavy atom. The Kier molecular flexibility index (Phi) is 5.25. The molecule has 0 radical (unpaired) electrons. The average molecular weight is 277 g/mol. The third-order valence-electron chi connectivity index (χ3n) is 5.39. The topological polar surface area (TPSA) is 43.8 Å². The maximum absolute atomic E-state index is 6.49. The summed E-state index contributed by atoms with van der Waals surface area (Å²) >= 11 is 0. The highest BCUT2D eigenvalue weighted by Crippen LogP contribution is 2.33. The fourth-order valence-corrected chi connectivity index (χ4v) is 3.82. The number of rotatable bonds is 5. The minimum atomic E-state index is 0.364. The van der Waals surface area contributed by atoms with E-state index in [1.165, 1.54) is 49.1 Å². The smallest absolute Gasteiger partial charge is 0.0628 e. The average Bonchev–Trinajstić information content (AvgIpc) is 2.70. The molecule has 1 saturated carbocycles. The first-order valence-electron chi connectivity index (χ1n) is 8.27. The molecule has 3 unspecified atom stereocenters. The Morgan fingerprint density at radius 3 is 2.70 bits per heavy atom. The lowest BCUT2D eigenvalue weighted by atomic mass is 9.76. The Hall–Kier alpha value is -0.830. The van der Waals surface area contributed by atoms with E-state index in [0.29, 0.717) is 6.04 Å². The maximum Gasteiger partial charge on any atom is 0.0628 e. The molecular weight excluding hydrogens is 246 g/mol. The van der Waals surface area contributed by atoms with Gasteiger partial charge in [-0.2, -0.15) is 5.10 Å². The summed E-state index contributed by atoms with van der Waals surface area (Å²) in [5, 5.41) is 4.50. The van der Waals surface area contributed by atoms with Crippen molar-refractivity contribution in [2.75, 3.05) is 0 Å². The minimum Gasteiger partial charge on any atom is -0.327 e. The second kappa shape index (κ2) is 6.75. The monoisotopic (exact) mass is 277 g/mol. The van der Waals surface area contributed by atoms with Crippen LogP contribution in [0.2, 0.25) is 0 Å². The SMILES string of the molecule is CCC1CCCC(C(N)CCc2c(C)nn(C)c2C)C1. The molecule has 0 bridgehead atoms. The van der Waals surface area contributed by atoms with E-state index in [-0.39, 0.29) is 0 Å². The summed E-state index contributed by atoms with van der Waals surface area (Å²) in [6, 6.07) is 0.364. The first-order chi connectivity index (χ1) is 9.52. The highest BCUT2D eigenvalue weighted by Gasteiger charge is 2.25. The molecule has 2 N–H and O–H groups in total. The molecule has 1 aliphatic rings.